The molecule has 1 aliphatic carbocycles. The molecule has 6 heteroatoms. The van der Waals surface area contributed by atoms with Gasteiger partial charge in [-0.05, 0) is 44.2 Å². The molecular weight excluding hydrogens is 328 g/mol. The number of aromatic nitrogens is 2. The van der Waals surface area contributed by atoms with E-state index in [4.69, 9.17) is 16.1 Å². The Bertz CT molecular complexity index is 976. The number of aryl methyl sites for hydroxylation is 1. The van der Waals surface area contributed by atoms with Crippen molar-refractivity contribution in [2.24, 2.45) is 5.92 Å². The number of aliphatic hydroxyl groups is 1. The molecule has 2 heterocycles. The van der Waals surface area contributed by atoms with Gasteiger partial charge in [0, 0.05) is 12.6 Å². The zero-order valence-corrected chi connectivity index (χ0v) is 14.2. The van der Waals surface area contributed by atoms with Crippen molar-refractivity contribution in [3.63, 3.8) is 0 Å². The van der Waals surface area contributed by atoms with E-state index in [0.29, 0.717) is 21.7 Å². The first-order chi connectivity index (χ1) is 11.6. The summed E-state index contributed by atoms with van der Waals surface area (Å²) >= 11 is 6.42. The van der Waals surface area contributed by atoms with Gasteiger partial charge in [-0.15, -0.1) is 0 Å². The van der Waals surface area contributed by atoms with Crippen LogP contribution in [0.3, 0.4) is 0 Å². The summed E-state index contributed by atoms with van der Waals surface area (Å²) in [6, 6.07) is 5.61. The molecule has 0 amide bonds. The molecule has 0 spiro atoms. The molecule has 24 heavy (non-hydrogen) atoms. The van der Waals surface area contributed by atoms with Crippen molar-refractivity contribution >= 4 is 33.5 Å². The van der Waals surface area contributed by atoms with Gasteiger partial charge in [-0.1, -0.05) is 29.2 Å². The van der Waals surface area contributed by atoms with Crippen molar-refractivity contribution in [1.29, 1.82) is 0 Å². The van der Waals surface area contributed by atoms with E-state index in [2.05, 4.69) is 5.16 Å². The number of nitrogens with zero attached hydrogens (tertiary/aromatic N) is 2. The quantitative estimate of drug-likeness (QED) is 0.765. The average Bonchev–Trinajstić information content (AvgIpc) is 2.97. The Labute approximate surface area is 143 Å². The first-order valence-electron chi connectivity index (χ1n) is 8.31. The average molecular weight is 347 g/mol. The van der Waals surface area contributed by atoms with Crippen LogP contribution in [-0.2, 0) is 0 Å². The number of rotatable bonds is 2. The highest BCUT2D eigenvalue weighted by molar-refractivity contribution is 6.37. The van der Waals surface area contributed by atoms with Crippen molar-refractivity contribution in [3.05, 3.63) is 39.3 Å². The van der Waals surface area contributed by atoms with E-state index in [1.165, 1.54) is 0 Å². The topological polar surface area (TPSA) is 68.3 Å². The minimum absolute atomic E-state index is 0.0584. The summed E-state index contributed by atoms with van der Waals surface area (Å²) in [5.41, 5.74) is 1.74. The lowest BCUT2D eigenvalue weighted by Gasteiger charge is -2.30. The molecule has 0 saturated heterocycles. The maximum Gasteiger partial charge on any atom is 0.264 e. The van der Waals surface area contributed by atoms with Crippen LogP contribution in [0.4, 0.5) is 0 Å². The number of halogens is 1. The van der Waals surface area contributed by atoms with Gasteiger partial charge in [-0.3, -0.25) is 4.79 Å². The zero-order valence-electron chi connectivity index (χ0n) is 13.5. The molecule has 0 radical (unpaired) electrons. The van der Waals surface area contributed by atoms with Crippen LogP contribution in [0.15, 0.2) is 27.5 Å². The molecule has 0 bridgehead atoms. The van der Waals surface area contributed by atoms with Crippen LogP contribution in [0, 0.1) is 12.8 Å². The highest BCUT2D eigenvalue weighted by atomic mass is 35.5. The van der Waals surface area contributed by atoms with Gasteiger partial charge in [0.2, 0.25) is 0 Å². The molecule has 1 aliphatic rings. The summed E-state index contributed by atoms with van der Waals surface area (Å²) in [5.74, 6) is 0.240. The third-order valence-corrected chi connectivity index (χ3v) is 5.47. The Hall–Kier alpha value is -1.85. The number of hydrogen-bond acceptors (Lipinski definition) is 4. The predicted octanol–water partition coefficient (Wildman–Crippen LogP) is 3.83. The minimum Gasteiger partial charge on any atom is -0.396 e. The summed E-state index contributed by atoms with van der Waals surface area (Å²) in [6.07, 6.45) is 3.74. The maximum absolute atomic E-state index is 13.2. The van der Waals surface area contributed by atoms with Gasteiger partial charge in [-0.25, -0.2) is 0 Å². The van der Waals surface area contributed by atoms with Crippen molar-refractivity contribution in [3.8, 4) is 0 Å². The first-order valence-corrected chi connectivity index (χ1v) is 8.69. The standard InChI is InChI=1S/C18H19ClN2O3/c1-10-15-17(24-20-10)16-13(19)6-3-7-14(16)21(18(15)23)12-5-2-4-11(8-12)9-22/h3,6-7,11-12,22H,2,4-5,8-9H2,1H3. The second-order valence-electron chi connectivity index (χ2n) is 6.65. The SMILES string of the molecule is Cc1noc2c1c(=O)n(C1CCCC(CO)C1)c1cccc(Cl)c21. The molecule has 3 aromatic rings. The Kier molecular flexibility index (Phi) is 3.85. The molecule has 126 valence electrons. The van der Waals surface area contributed by atoms with Crippen molar-refractivity contribution in [2.75, 3.05) is 6.61 Å². The molecular formula is C18H19ClN2O3. The second kappa shape index (κ2) is 5.90. The monoisotopic (exact) mass is 346 g/mol. The van der Waals surface area contributed by atoms with Crippen molar-refractivity contribution in [1.82, 2.24) is 9.72 Å². The van der Waals surface area contributed by atoms with E-state index < -0.39 is 0 Å². The highest BCUT2D eigenvalue weighted by Crippen LogP contribution is 2.37. The highest BCUT2D eigenvalue weighted by Gasteiger charge is 2.27. The number of hydrogen-bond donors (Lipinski definition) is 1. The molecule has 4 rings (SSSR count). The lowest BCUT2D eigenvalue weighted by molar-refractivity contribution is 0.163. The molecule has 2 unspecified atom stereocenters. The smallest absolute Gasteiger partial charge is 0.264 e. The maximum atomic E-state index is 13.2. The van der Waals surface area contributed by atoms with Crippen molar-refractivity contribution < 1.29 is 9.63 Å². The fraction of sp³-hybridized carbons (Fsp3) is 0.444. The molecule has 1 aromatic carbocycles. The number of benzene rings is 1. The van der Waals surface area contributed by atoms with Crippen LogP contribution in [0.2, 0.25) is 5.02 Å². The summed E-state index contributed by atoms with van der Waals surface area (Å²) in [6.45, 7) is 1.94. The van der Waals surface area contributed by atoms with Crippen LogP contribution in [0.25, 0.3) is 21.9 Å². The zero-order chi connectivity index (χ0) is 16.8. The van der Waals surface area contributed by atoms with Crippen LogP contribution >= 0.6 is 11.6 Å². The Balaban J connectivity index is 2.06. The number of fused-ring (bicyclic) bond motifs is 3. The third-order valence-electron chi connectivity index (χ3n) is 5.15. The van der Waals surface area contributed by atoms with E-state index >= 15 is 0 Å². The summed E-state index contributed by atoms with van der Waals surface area (Å²) in [5, 5.41) is 15.3. The normalized spacial score (nSPS) is 21.6. The molecule has 2 aromatic heterocycles. The predicted molar refractivity (Wildman–Crippen MR) is 93.6 cm³/mol. The molecule has 1 N–H and O–H groups in total. The van der Waals surface area contributed by atoms with E-state index in [-0.39, 0.29) is 24.1 Å². The van der Waals surface area contributed by atoms with Gasteiger partial charge in [0.25, 0.3) is 5.56 Å². The lowest BCUT2D eigenvalue weighted by atomic mass is 9.85. The fourth-order valence-electron chi connectivity index (χ4n) is 3.99. The summed E-state index contributed by atoms with van der Waals surface area (Å²) in [7, 11) is 0. The minimum atomic E-state index is -0.0814. The summed E-state index contributed by atoms with van der Waals surface area (Å²) in [4.78, 5) is 13.2. The van der Waals surface area contributed by atoms with Crippen LogP contribution < -0.4 is 5.56 Å². The van der Waals surface area contributed by atoms with E-state index in [1.54, 1.807) is 13.0 Å². The molecule has 0 aliphatic heterocycles. The van der Waals surface area contributed by atoms with Gasteiger partial charge in [0.05, 0.1) is 21.6 Å². The molecule has 5 nitrogen and oxygen atoms in total. The number of aliphatic hydroxyl groups excluding tert-OH is 1. The lowest BCUT2D eigenvalue weighted by Crippen LogP contribution is -2.30. The number of pyridine rings is 1. The Morgan fingerprint density at radius 1 is 1.38 bits per heavy atom. The summed E-state index contributed by atoms with van der Waals surface area (Å²) < 4.78 is 7.26. The van der Waals surface area contributed by atoms with Crippen molar-refractivity contribution in [2.45, 2.75) is 38.6 Å². The third kappa shape index (κ3) is 2.26. The van der Waals surface area contributed by atoms with Gasteiger partial charge in [0.15, 0.2) is 5.58 Å². The second-order valence-corrected chi connectivity index (χ2v) is 7.06. The van der Waals surface area contributed by atoms with Gasteiger partial charge < -0.3 is 14.2 Å². The van der Waals surface area contributed by atoms with Gasteiger partial charge in [0.1, 0.15) is 5.39 Å². The van der Waals surface area contributed by atoms with Gasteiger partial charge in [-0.2, -0.15) is 0 Å². The largest absolute Gasteiger partial charge is 0.396 e. The molecule has 2 atom stereocenters. The Morgan fingerprint density at radius 3 is 3.00 bits per heavy atom. The van der Waals surface area contributed by atoms with E-state index in [1.807, 2.05) is 16.7 Å². The molecule has 1 fully saturated rings. The van der Waals surface area contributed by atoms with E-state index in [0.717, 1.165) is 36.6 Å². The van der Waals surface area contributed by atoms with Gasteiger partial charge >= 0.3 is 0 Å². The fourth-order valence-corrected chi connectivity index (χ4v) is 4.24. The molecule has 1 saturated carbocycles. The van der Waals surface area contributed by atoms with E-state index in [9.17, 15) is 9.90 Å². The first kappa shape index (κ1) is 15.7. The van der Waals surface area contributed by atoms with Crippen LogP contribution in [-0.4, -0.2) is 21.4 Å². The Morgan fingerprint density at radius 2 is 2.21 bits per heavy atom. The van der Waals surface area contributed by atoms with Crippen LogP contribution in [0.1, 0.15) is 37.4 Å². The van der Waals surface area contributed by atoms with Crippen LogP contribution in [0.5, 0.6) is 0 Å².